The van der Waals surface area contributed by atoms with Crippen molar-refractivity contribution in [3.63, 3.8) is 0 Å². The molecule has 178 valence electrons. The van der Waals surface area contributed by atoms with Gasteiger partial charge in [-0.15, -0.1) is 0 Å². The van der Waals surface area contributed by atoms with Crippen LogP contribution in [0.5, 0.6) is 0 Å². The van der Waals surface area contributed by atoms with Crippen molar-refractivity contribution >= 4 is 40.4 Å². The van der Waals surface area contributed by atoms with Gasteiger partial charge in [-0.05, 0) is 31.9 Å². The zero-order valence-electron chi connectivity index (χ0n) is 19.3. The van der Waals surface area contributed by atoms with Gasteiger partial charge in [0.05, 0.1) is 58.7 Å². The number of hydrogen-bond donors (Lipinski definition) is 2. The number of halogens is 1. The quantitative estimate of drug-likeness (QED) is 0.581. The first-order chi connectivity index (χ1) is 16.4. The largest absolute Gasteiger partial charge is 0.403 e. The molecular weight excluding hydrogens is 452 g/mol. The lowest BCUT2D eigenvalue weighted by Crippen LogP contribution is -2.64. The van der Waals surface area contributed by atoms with Gasteiger partial charge in [0.2, 0.25) is 5.95 Å². The first-order valence-corrected chi connectivity index (χ1v) is 12.0. The standard InChI is InChI=1S/C24H29ClN8O/c1-23(15-34-16-23)33-6-4-32(5-7-33)21-9-20-17(8-19(21)25)11-29-22(31-20)30-18(10-26)12-28-14-24(13-27)2-3-24/h8-12H,2-7,14-16,26H2,1H3,(H,29,30,31)/b18-10+,28-12?. The summed E-state index contributed by atoms with van der Waals surface area (Å²) < 4.78 is 5.43. The minimum Gasteiger partial charge on any atom is -0.403 e. The number of piperazine rings is 1. The normalized spacial score (nSPS) is 21.9. The number of rotatable bonds is 7. The van der Waals surface area contributed by atoms with Crippen molar-refractivity contribution in [1.82, 2.24) is 14.9 Å². The Balaban J connectivity index is 1.28. The zero-order valence-corrected chi connectivity index (χ0v) is 20.1. The number of nitrogens with one attached hydrogen (secondary N) is 1. The summed E-state index contributed by atoms with van der Waals surface area (Å²) in [5, 5.41) is 13.9. The Bertz CT molecular complexity index is 1170. The van der Waals surface area contributed by atoms with E-state index in [1.807, 2.05) is 12.1 Å². The van der Waals surface area contributed by atoms with Gasteiger partial charge in [-0.3, -0.25) is 9.89 Å². The average molecular weight is 481 g/mol. The second kappa shape index (κ2) is 9.02. The lowest BCUT2D eigenvalue weighted by atomic mass is 9.97. The van der Waals surface area contributed by atoms with E-state index in [0.717, 1.165) is 68.8 Å². The van der Waals surface area contributed by atoms with Gasteiger partial charge in [-0.2, -0.15) is 5.26 Å². The first kappa shape index (κ1) is 22.8. The van der Waals surface area contributed by atoms with E-state index in [1.54, 1.807) is 12.4 Å². The van der Waals surface area contributed by atoms with Crippen LogP contribution in [0.15, 0.2) is 35.2 Å². The number of allylic oxidation sites excluding steroid dienone is 1. The van der Waals surface area contributed by atoms with E-state index in [9.17, 15) is 5.26 Å². The van der Waals surface area contributed by atoms with Crippen LogP contribution in [-0.2, 0) is 4.74 Å². The van der Waals surface area contributed by atoms with E-state index < -0.39 is 0 Å². The maximum atomic E-state index is 9.19. The van der Waals surface area contributed by atoms with Gasteiger partial charge >= 0.3 is 0 Å². The molecule has 3 fully saturated rings. The van der Waals surface area contributed by atoms with E-state index in [2.05, 4.69) is 43.1 Å². The molecule has 3 N–H and O–H groups in total. The van der Waals surface area contributed by atoms with E-state index >= 15 is 0 Å². The second-order valence-corrected chi connectivity index (χ2v) is 10.0. The lowest BCUT2D eigenvalue weighted by Gasteiger charge is -2.50. The minimum absolute atomic E-state index is 0.165. The summed E-state index contributed by atoms with van der Waals surface area (Å²) in [4.78, 5) is 18.3. The molecule has 0 radical (unpaired) electrons. The average Bonchev–Trinajstić information content (AvgIpc) is 3.62. The summed E-state index contributed by atoms with van der Waals surface area (Å²) in [6.07, 6.45) is 6.60. The van der Waals surface area contributed by atoms with Crippen molar-refractivity contribution in [3.8, 4) is 6.07 Å². The summed E-state index contributed by atoms with van der Waals surface area (Å²) >= 11 is 6.65. The third kappa shape index (κ3) is 4.53. The number of nitrogens with zero attached hydrogens (tertiary/aromatic N) is 6. The number of aliphatic imine (C=N–C) groups is 1. The number of nitrogens with two attached hydrogens (primary N) is 1. The molecule has 1 aliphatic carbocycles. The fraction of sp³-hybridized carbons (Fsp3) is 0.500. The lowest BCUT2D eigenvalue weighted by molar-refractivity contribution is -0.131. The van der Waals surface area contributed by atoms with Gasteiger partial charge in [-0.1, -0.05) is 11.6 Å². The van der Waals surface area contributed by atoms with Crippen LogP contribution in [0, 0.1) is 16.7 Å². The zero-order chi connectivity index (χ0) is 23.8. The fourth-order valence-corrected chi connectivity index (χ4v) is 4.72. The third-order valence-corrected chi connectivity index (χ3v) is 7.31. The Morgan fingerprint density at radius 2 is 2.09 bits per heavy atom. The van der Waals surface area contributed by atoms with Crippen LogP contribution in [0.2, 0.25) is 5.02 Å². The summed E-state index contributed by atoms with van der Waals surface area (Å²) in [7, 11) is 0. The van der Waals surface area contributed by atoms with Gasteiger partial charge < -0.3 is 20.7 Å². The maximum Gasteiger partial charge on any atom is 0.227 e. The summed E-state index contributed by atoms with van der Waals surface area (Å²) in [6, 6.07) is 6.28. The van der Waals surface area contributed by atoms with Gasteiger partial charge in [0.25, 0.3) is 0 Å². The predicted molar refractivity (Wildman–Crippen MR) is 134 cm³/mol. The van der Waals surface area contributed by atoms with Crippen molar-refractivity contribution in [2.45, 2.75) is 25.3 Å². The van der Waals surface area contributed by atoms with Crippen molar-refractivity contribution in [2.24, 2.45) is 16.1 Å². The van der Waals surface area contributed by atoms with E-state index in [0.29, 0.717) is 23.2 Å². The molecule has 0 amide bonds. The Morgan fingerprint density at radius 3 is 2.71 bits per heavy atom. The topological polar surface area (TPSA) is 116 Å². The molecule has 3 heterocycles. The molecule has 3 aliphatic rings. The van der Waals surface area contributed by atoms with Crippen LogP contribution in [0.4, 0.5) is 11.6 Å². The highest BCUT2D eigenvalue weighted by Crippen LogP contribution is 2.45. The number of hydrogen-bond acceptors (Lipinski definition) is 9. The fourth-order valence-electron chi connectivity index (χ4n) is 4.43. The van der Waals surface area contributed by atoms with E-state index in [1.165, 1.54) is 6.20 Å². The van der Waals surface area contributed by atoms with Gasteiger partial charge in [0, 0.05) is 50.2 Å². The number of aromatic nitrogens is 2. The monoisotopic (exact) mass is 480 g/mol. The number of benzene rings is 1. The number of anilines is 2. The molecule has 5 rings (SSSR count). The molecule has 0 unspecified atom stereocenters. The van der Waals surface area contributed by atoms with Crippen LogP contribution in [0.3, 0.4) is 0 Å². The van der Waals surface area contributed by atoms with Crippen LogP contribution in [0.25, 0.3) is 10.9 Å². The summed E-state index contributed by atoms with van der Waals surface area (Å²) in [5.41, 5.74) is 7.99. The minimum atomic E-state index is -0.291. The third-order valence-electron chi connectivity index (χ3n) is 7.01. The Hall–Kier alpha value is -2.93. The molecule has 0 bridgehead atoms. The SMILES string of the molecule is CC1(N2CCN(c3cc4nc(N/C(C=NCC5(C#N)CC5)=C/N)ncc4cc3Cl)CC2)COC1. The van der Waals surface area contributed by atoms with E-state index in [4.69, 9.17) is 22.1 Å². The molecular formula is C24H29ClN8O. The Labute approximate surface area is 204 Å². The molecule has 1 aromatic carbocycles. The smallest absolute Gasteiger partial charge is 0.227 e. The molecule has 2 saturated heterocycles. The Morgan fingerprint density at radius 1 is 1.32 bits per heavy atom. The molecule has 10 heteroatoms. The highest BCUT2D eigenvalue weighted by Gasteiger charge is 2.43. The number of nitriles is 1. The molecule has 0 atom stereocenters. The van der Waals surface area contributed by atoms with Crippen LogP contribution < -0.4 is 16.0 Å². The molecule has 1 aromatic heterocycles. The predicted octanol–water partition coefficient (Wildman–Crippen LogP) is 2.78. The van der Waals surface area contributed by atoms with Crippen molar-refractivity contribution in [2.75, 3.05) is 56.2 Å². The molecule has 2 aromatic rings. The van der Waals surface area contributed by atoms with Gasteiger partial charge in [0.1, 0.15) is 0 Å². The summed E-state index contributed by atoms with van der Waals surface area (Å²) in [5.74, 6) is 0.424. The van der Waals surface area contributed by atoms with Crippen molar-refractivity contribution in [1.29, 1.82) is 5.26 Å². The summed E-state index contributed by atoms with van der Waals surface area (Å²) in [6.45, 7) is 8.10. The number of ether oxygens (including phenoxy) is 1. The van der Waals surface area contributed by atoms with Gasteiger partial charge in [-0.25, -0.2) is 9.97 Å². The number of fused-ring (bicyclic) bond motifs is 1. The maximum absolute atomic E-state index is 9.19. The second-order valence-electron chi connectivity index (χ2n) is 9.63. The highest BCUT2D eigenvalue weighted by atomic mass is 35.5. The van der Waals surface area contributed by atoms with E-state index in [-0.39, 0.29) is 11.0 Å². The molecule has 1 saturated carbocycles. The van der Waals surface area contributed by atoms with Crippen LogP contribution in [-0.4, -0.2) is 72.6 Å². The highest BCUT2D eigenvalue weighted by molar-refractivity contribution is 6.34. The Kier molecular flexibility index (Phi) is 6.06. The first-order valence-electron chi connectivity index (χ1n) is 11.6. The molecule has 9 nitrogen and oxygen atoms in total. The van der Waals surface area contributed by atoms with Crippen molar-refractivity contribution < 1.29 is 4.74 Å². The van der Waals surface area contributed by atoms with Crippen molar-refractivity contribution in [3.05, 3.63) is 35.2 Å². The van der Waals surface area contributed by atoms with Gasteiger partial charge in [0.15, 0.2) is 0 Å². The molecule has 2 aliphatic heterocycles. The van der Waals surface area contributed by atoms with Crippen LogP contribution in [0.1, 0.15) is 19.8 Å². The molecule has 0 spiro atoms. The molecule has 34 heavy (non-hydrogen) atoms. The van der Waals surface area contributed by atoms with Crippen LogP contribution >= 0.6 is 11.6 Å².